The highest BCUT2D eigenvalue weighted by atomic mass is 28.3. The lowest BCUT2D eigenvalue weighted by Crippen LogP contribution is -2.79. The summed E-state index contributed by atoms with van der Waals surface area (Å²) < 4.78 is 4.80. The van der Waals surface area contributed by atoms with Gasteiger partial charge in [0, 0.05) is 24.3 Å². The maximum Gasteiger partial charge on any atom is 0.304 e. The van der Waals surface area contributed by atoms with Gasteiger partial charge in [-0.25, -0.2) is 9.13 Å². The molecule has 1 unspecified atom stereocenters. The molecule has 4 aromatic rings. The first-order valence-electron chi connectivity index (χ1n) is 11.8. The SMILES string of the molecule is Cc1ccccc1C(C)(C)c1cccc([Si](C)(c2ccccc2C)c2cccc[n+]2C)[n+]1C. The van der Waals surface area contributed by atoms with E-state index in [1.807, 2.05) is 0 Å². The highest BCUT2D eigenvalue weighted by Crippen LogP contribution is 2.31. The van der Waals surface area contributed by atoms with Crippen LogP contribution in [-0.4, -0.2) is 8.07 Å². The van der Waals surface area contributed by atoms with E-state index in [4.69, 9.17) is 0 Å². The lowest BCUT2D eigenvalue weighted by atomic mass is 9.79. The molecule has 1 atom stereocenters. The zero-order valence-corrected chi connectivity index (χ0v) is 22.1. The van der Waals surface area contributed by atoms with Gasteiger partial charge in [-0.1, -0.05) is 66.2 Å². The smallest absolute Gasteiger partial charge is 0.209 e. The van der Waals surface area contributed by atoms with Crippen LogP contribution in [0.1, 0.15) is 36.2 Å². The number of aryl methyl sites for hydroxylation is 3. The highest BCUT2D eigenvalue weighted by molar-refractivity contribution is 7.09. The van der Waals surface area contributed by atoms with Gasteiger partial charge in [-0.15, -0.1) is 0 Å². The van der Waals surface area contributed by atoms with Gasteiger partial charge in [0.1, 0.15) is 14.1 Å². The summed E-state index contributed by atoms with van der Waals surface area (Å²) in [6, 6.07) is 31.2. The molecule has 0 fully saturated rings. The topological polar surface area (TPSA) is 7.76 Å². The van der Waals surface area contributed by atoms with Crippen LogP contribution in [0.2, 0.25) is 6.55 Å². The van der Waals surface area contributed by atoms with E-state index in [1.165, 1.54) is 38.2 Å². The third-order valence-electron chi connectivity index (χ3n) is 7.45. The molecule has 168 valence electrons. The third-order valence-corrected chi connectivity index (χ3v) is 12.2. The van der Waals surface area contributed by atoms with Crippen molar-refractivity contribution in [1.82, 2.24) is 0 Å². The van der Waals surface area contributed by atoms with Crippen LogP contribution in [0.25, 0.3) is 0 Å². The predicted molar refractivity (Wildman–Crippen MR) is 140 cm³/mol. The van der Waals surface area contributed by atoms with Gasteiger partial charge in [0.25, 0.3) is 0 Å². The summed E-state index contributed by atoms with van der Waals surface area (Å²) in [5.74, 6) is 0. The second-order valence-corrected chi connectivity index (χ2v) is 13.7. The van der Waals surface area contributed by atoms with Gasteiger partial charge in [-0.2, -0.15) is 0 Å². The summed E-state index contributed by atoms with van der Waals surface area (Å²) in [5, 5.41) is 4.28. The zero-order valence-electron chi connectivity index (χ0n) is 21.1. The van der Waals surface area contributed by atoms with Crippen molar-refractivity contribution in [3.63, 3.8) is 0 Å². The molecule has 0 aliphatic rings. The molecule has 4 rings (SSSR count). The van der Waals surface area contributed by atoms with Crippen LogP contribution >= 0.6 is 0 Å². The Balaban J connectivity index is 2.03. The fourth-order valence-electron chi connectivity index (χ4n) is 5.71. The summed E-state index contributed by atoms with van der Waals surface area (Å²) in [7, 11) is 2.13. The van der Waals surface area contributed by atoms with Crippen LogP contribution < -0.4 is 25.0 Å². The molecule has 0 radical (unpaired) electrons. The van der Waals surface area contributed by atoms with Gasteiger partial charge in [0.05, 0.1) is 5.41 Å². The predicted octanol–water partition coefficient (Wildman–Crippen LogP) is 3.38. The number of rotatable bonds is 5. The van der Waals surface area contributed by atoms with Crippen molar-refractivity contribution in [1.29, 1.82) is 0 Å². The standard InChI is InChI=1S/C30H36N2Si/c1-23-15-8-10-17-25(23)30(3,4)27-19-14-21-29(32(27)6)33(7,26-18-11-9-16-24(26)2)28-20-12-13-22-31(28)5/h8-22H,1-7H3/q+2. The van der Waals surface area contributed by atoms with E-state index in [1.54, 1.807) is 0 Å². The first-order chi connectivity index (χ1) is 15.7. The number of hydrogen-bond donors (Lipinski definition) is 0. The van der Waals surface area contributed by atoms with Crippen LogP contribution in [-0.2, 0) is 19.5 Å². The molecular weight excluding hydrogens is 416 g/mol. The average Bonchev–Trinajstić information content (AvgIpc) is 2.79. The van der Waals surface area contributed by atoms with Crippen molar-refractivity contribution in [2.75, 3.05) is 0 Å². The van der Waals surface area contributed by atoms with Gasteiger partial charge in [0.15, 0.2) is 22.5 Å². The molecule has 0 saturated carbocycles. The number of hydrogen-bond acceptors (Lipinski definition) is 0. The molecule has 0 spiro atoms. The Morgan fingerprint density at radius 3 is 1.94 bits per heavy atom. The molecule has 2 aromatic carbocycles. The van der Waals surface area contributed by atoms with E-state index in [0.717, 1.165) is 0 Å². The molecule has 2 heterocycles. The Hall–Kier alpha value is -3.04. The molecule has 0 aliphatic heterocycles. The van der Waals surface area contributed by atoms with Gasteiger partial charge in [-0.05, 0) is 50.6 Å². The lowest BCUT2D eigenvalue weighted by molar-refractivity contribution is -0.667. The van der Waals surface area contributed by atoms with Gasteiger partial charge in [0.2, 0.25) is 0 Å². The third kappa shape index (κ3) is 3.85. The van der Waals surface area contributed by atoms with Crippen LogP contribution in [0.4, 0.5) is 0 Å². The molecular formula is C30H36N2Si+2. The van der Waals surface area contributed by atoms with E-state index in [-0.39, 0.29) is 5.41 Å². The summed E-state index contributed by atoms with van der Waals surface area (Å²) in [6.07, 6.45) is 2.18. The van der Waals surface area contributed by atoms with Crippen LogP contribution in [0.15, 0.2) is 91.1 Å². The Morgan fingerprint density at radius 2 is 1.27 bits per heavy atom. The van der Waals surface area contributed by atoms with E-state index in [9.17, 15) is 0 Å². The van der Waals surface area contributed by atoms with Gasteiger partial charge < -0.3 is 0 Å². The fourth-order valence-corrected chi connectivity index (χ4v) is 10.3. The minimum absolute atomic E-state index is 0.115. The number of nitrogens with zero attached hydrogens (tertiary/aromatic N) is 2. The second-order valence-electron chi connectivity index (χ2n) is 9.93. The Labute approximate surface area is 200 Å². The maximum atomic E-state index is 2.50. The number of aromatic nitrogens is 2. The van der Waals surface area contributed by atoms with Gasteiger partial charge >= 0.3 is 8.07 Å². The fraction of sp³-hybridized carbons (Fsp3) is 0.267. The second kappa shape index (κ2) is 8.72. The first kappa shape index (κ1) is 23.1. The molecule has 33 heavy (non-hydrogen) atoms. The Kier molecular flexibility index (Phi) is 6.11. The van der Waals surface area contributed by atoms with Crippen molar-refractivity contribution in [2.24, 2.45) is 14.1 Å². The Morgan fingerprint density at radius 1 is 0.667 bits per heavy atom. The zero-order chi connectivity index (χ0) is 23.8. The number of pyridine rings is 2. The van der Waals surface area contributed by atoms with Gasteiger partial charge in [-0.3, -0.25) is 0 Å². The highest BCUT2D eigenvalue weighted by Gasteiger charge is 2.50. The first-order valence-corrected chi connectivity index (χ1v) is 14.3. The molecule has 2 aromatic heterocycles. The van der Waals surface area contributed by atoms with Crippen LogP contribution in [0, 0.1) is 13.8 Å². The molecule has 2 nitrogen and oxygen atoms in total. The molecule has 0 amide bonds. The summed E-state index contributed by atoms with van der Waals surface area (Å²) in [6.45, 7) is 11.7. The van der Waals surface area contributed by atoms with Crippen molar-refractivity contribution < 1.29 is 9.13 Å². The molecule has 0 N–H and O–H groups in total. The summed E-state index contributed by atoms with van der Waals surface area (Å²) in [4.78, 5) is 0. The molecule has 0 bridgehead atoms. The molecule has 0 saturated heterocycles. The van der Waals surface area contributed by atoms with E-state index < -0.39 is 8.07 Å². The van der Waals surface area contributed by atoms with Crippen molar-refractivity contribution in [3.05, 3.63) is 114 Å². The quantitative estimate of drug-likeness (QED) is 0.324. The van der Waals surface area contributed by atoms with E-state index >= 15 is 0 Å². The van der Waals surface area contributed by atoms with Crippen LogP contribution in [0.5, 0.6) is 0 Å². The normalized spacial score (nSPS) is 13.5. The number of benzene rings is 2. The molecule has 3 heteroatoms. The van der Waals surface area contributed by atoms with Crippen molar-refractivity contribution >= 4 is 23.9 Å². The summed E-state index contributed by atoms with van der Waals surface area (Å²) in [5.41, 5.74) is 5.29. The van der Waals surface area contributed by atoms with Crippen LogP contribution in [0.3, 0.4) is 0 Å². The summed E-state index contributed by atoms with van der Waals surface area (Å²) >= 11 is 0. The monoisotopic (exact) mass is 452 g/mol. The van der Waals surface area contributed by atoms with E-state index in [0.29, 0.717) is 0 Å². The minimum atomic E-state index is -2.31. The molecule has 0 aliphatic carbocycles. The van der Waals surface area contributed by atoms with Crippen molar-refractivity contribution in [2.45, 2.75) is 39.7 Å². The average molecular weight is 453 g/mol. The van der Waals surface area contributed by atoms with E-state index in [2.05, 4.69) is 149 Å². The van der Waals surface area contributed by atoms with Crippen molar-refractivity contribution in [3.8, 4) is 0 Å². The largest absolute Gasteiger partial charge is 0.304 e. The maximum absolute atomic E-state index is 2.50. The lowest BCUT2D eigenvalue weighted by Gasteiger charge is -2.29. The minimum Gasteiger partial charge on any atom is -0.209 e. The Bertz CT molecular complexity index is 1260.